The van der Waals surface area contributed by atoms with Crippen molar-refractivity contribution in [1.29, 1.82) is 0 Å². The smallest absolute Gasteiger partial charge is 0.173 e. The van der Waals surface area contributed by atoms with Gasteiger partial charge in [0, 0.05) is 10.8 Å². The summed E-state index contributed by atoms with van der Waals surface area (Å²) in [6, 6.07) is 4.00. The molecule has 0 N–H and O–H groups in total. The van der Waals surface area contributed by atoms with Crippen LogP contribution in [0.1, 0.15) is 67.4 Å². The highest BCUT2D eigenvalue weighted by atomic mass is 32.2. The number of thioether (sulfide) groups is 1. The number of aryl methyl sites for hydroxylation is 2. The molecule has 0 aliphatic heterocycles. The van der Waals surface area contributed by atoms with Gasteiger partial charge in [-0.3, -0.25) is 4.79 Å². The Labute approximate surface area is 139 Å². The molecule has 1 fully saturated rings. The van der Waals surface area contributed by atoms with Crippen LogP contribution < -0.4 is 4.74 Å². The minimum absolute atomic E-state index is 0.154. The molecular formula is C19H28O2S. The lowest BCUT2D eigenvalue weighted by Gasteiger charge is -2.21. The lowest BCUT2D eigenvalue weighted by atomic mass is 10.0. The van der Waals surface area contributed by atoms with E-state index >= 15 is 0 Å². The Hall–Kier alpha value is -0.960. The molecule has 1 aliphatic rings. The molecule has 1 aromatic rings. The molecule has 1 aliphatic carbocycles. The van der Waals surface area contributed by atoms with E-state index in [4.69, 9.17) is 4.74 Å². The standard InChI is InChI=1S/C19H28O2S/c1-13(2)21-19-11-14(3)17(10-15(19)4)18(20)12-22-16-8-6-5-7-9-16/h10-11,13,16H,5-9,12H2,1-4H3. The molecule has 0 aromatic heterocycles. The third-order valence-electron chi connectivity index (χ3n) is 4.19. The van der Waals surface area contributed by atoms with Gasteiger partial charge in [-0.15, -0.1) is 0 Å². The molecule has 22 heavy (non-hydrogen) atoms. The third kappa shape index (κ3) is 4.77. The monoisotopic (exact) mass is 320 g/mol. The first-order chi connectivity index (χ1) is 10.5. The Morgan fingerprint density at radius 3 is 2.50 bits per heavy atom. The number of hydrogen-bond donors (Lipinski definition) is 0. The SMILES string of the molecule is Cc1cc(C(=O)CSC2CCCCC2)c(C)cc1OC(C)C. The van der Waals surface area contributed by atoms with Gasteiger partial charge in [-0.1, -0.05) is 19.3 Å². The zero-order valence-corrected chi connectivity index (χ0v) is 15.1. The molecule has 2 rings (SSSR count). The fourth-order valence-corrected chi connectivity index (χ4v) is 4.18. The van der Waals surface area contributed by atoms with Crippen LogP contribution in [-0.4, -0.2) is 22.9 Å². The number of Topliss-reactive ketones (excluding diaryl/α,β-unsaturated/α-hetero) is 1. The lowest BCUT2D eigenvalue weighted by Crippen LogP contribution is -2.13. The predicted octanol–water partition coefficient (Wildman–Crippen LogP) is 5.34. The van der Waals surface area contributed by atoms with Crippen molar-refractivity contribution in [3.63, 3.8) is 0 Å². The van der Waals surface area contributed by atoms with Crippen molar-refractivity contribution >= 4 is 17.5 Å². The number of carbonyl (C=O) groups is 1. The van der Waals surface area contributed by atoms with Crippen LogP contribution in [-0.2, 0) is 0 Å². The first-order valence-electron chi connectivity index (χ1n) is 8.40. The van der Waals surface area contributed by atoms with Gasteiger partial charge in [-0.2, -0.15) is 11.8 Å². The summed E-state index contributed by atoms with van der Waals surface area (Å²) in [5.74, 6) is 1.76. The van der Waals surface area contributed by atoms with Crippen molar-refractivity contribution in [1.82, 2.24) is 0 Å². The molecule has 0 heterocycles. The Morgan fingerprint density at radius 1 is 1.18 bits per heavy atom. The number of carbonyl (C=O) groups excluding carboxylic acids is 1. The van der Waals surface area contributed by atoms with E-state index in [0.717, 1.165) is 22.4 Å². The summed E-state index contributed by atoms with van der Waals surface area (Å²) in [7, 11) is 0. The molecule has 0 atom stereocenters. The molecular weight excluding hydrogens is 292 g/mol. The van der Waals surface area contributed by atoms with E-state index in [1.165, 1.54) is 32.1 Å². The second-order valence-corrected chi connectivity index (χ2v) is 7.88. The molecule has 0 saturated heterocycles. The summed E-state index contributed by atoms with van der Waals surface area (Å²) in [6.45, 7) is 8.07. The average Bonchev–Trinajstić information content (AvgIpc) is 2.48. The molecule has 0 bridgehead atoms. The zero-order valence-electron chi connectivity index (χ0n) is 14.3. The van der Waals surface area contributed by atoms with E-state index in [9.17, 15) is 4.79 Å². The van der Waals surface area contributed by atoms with Crippen LogP contribution >= 0.6 is 11.8 Å². The summed E-state index contributed by atoms with van der Waals surface area (Å²) in [6.07, 6.45) is 6.72. The Balaban J connectivity index is 2.01. The zero-order chi connectivity index (χ0) is 16.1. The van der Waals surface area contributed by atoms with Crippen molar-refractivity contribution in [2.45, 2.75) is 71.2 Å². The number of benzene rings is 1. The molecule has 1 saturated carbocycles. The van der Waals surface area contributed by atoms with Crippen LogP contribution in [0.5, 0.6) is 5.75 Å². The van der Waals surface area contributed by atoms with E-state index in [1.54, 1.807) is 0 Å². The highest BCUT2D eigenvalue weighted by molar-refractivity contribution is 8.00. The summed E-state index contributed by atoms with van der Waals surface area (Å²) < 4.78 is 5.80. The maximum absolute atomic E-state index is 12.5. The van der Waals surface area contributed by atoms with Gasteiger partial charge in [0.2, 0.25) is 0 Å². The Morgan fingerprint density at radius 2 is 1.86 bits per heavy atom. The number of ether oxygens (including phenoxy) is 1. The molecule has 0 radical (unpaired) electrons. The van der Waals surface area contributed by atoms with Gasteiger partial charge in [-0.25, -0.2) is 0 Å². The van der Waals surface area contributed by atoms with Crippen LogP contribution in [0, 0.1) is 13.8 Å². The maximum atomic E-state index is 12.5. The summed E-state index contributed by atoms with van der Waals surface area (Å²) in [5.41, 5.74) is 2.93. The molecule has 3 heteroatoms. The molecule has 122 valence electrons. The van der Waals surface area contributed by atoms with E-state index in [0.29, 0.717) is 11.0 Å². The first-order valence-corrected chi connectivity index (χ1v) is 9.45. The number of ketones is 1. The van der Waals surface area contributed by atoms with Gasteiger partial charge in [-0.05, 0) is 63.8 Å². The van der Waals surface area contributed by atoms with Crippen LogP contribution in [0.3, 0.4) is 0 Å². The summed E-state index contributed by atoms with van der Waals surface area (Å²) in [5, 5.41) is 0.683. The topological polar surface area (TPSA) is 26.3 Å². The highest BCUT2D eigenvalue weighted by Gasteiger charge is 2.18. The summed E-state index contributed by atoms with van der Waals surface area (Å²) in [4.78, 5) is 12.5. The fourth-order valence-electron chi connectivity index (χ4n) is 2.97. The van der Waals surface area contributed by atoms with E-state index in [-0.39, 0.29) is 11.9 Å². The van der Waals surface area contributed by atoms with Crippen LogP contribution in [0.15, 0.2) is 12.1 Å². The Bertz CT molecular complexity index is 516. The van der Waals surface area contributed by atoms with Gasteiger partial charge in [0.1, 0.15) is 5.75 Å². The second kappa shape index (κ2) is 8.05. The summed E-state index contributed by atoms with van der Waals surface area (Å²) >= 11 is 1.85. The first kappa shape index (κ1) is 17.4. The molecule has 1 aromatic carbocycles. The van der Waals surface area contributed by atoms with Crippen molar-refractivity contribution in [3.8, 4) is 5.75 Å². The highest BCUT2D eigenvalue weighted by Crippen LogP contribution is 2.30. The number of rotatable bonds is 6. The number of hydrogen-bond acceptors (Lipinski definition) is 3. The minimum atomic E-state index is 0.154. The second-order valence-electron chi connectivity index (χ2n) is 6.59. The maximum Gasteiger partial charge on any atom is 0.173 e. The minimum Gasteiger partial charge on any atom is -0.491 e. The van der Waals surface area contributed by atoms with Gasteiger partial charge < -0.3 is 4.74 Å². The van der Waals surface area contributed by atoms with E-state index < -0.39 is 0 Å². The predicted molar refractivity (Wildman–Crippen MR) is 95.3 cm³/mol. The quantitative estimate of drug-likeness (QED) is 0.662. The van der Waals surface area contributed by atoms with Gasteiger partial charge in [0.05, 0.1) is 11.9 Å². The van der Waals surface area contributed by atoms with E-state index in [2.05, 4.69) is 0 Å². The average molecular weight is 320 g/mol. The van der Waals surface area contributed by atoms with E-state index in [1.807, 2.05) is 51.6 Å². The largest absolute Gasteiger partial charge is 0.491 e. The molecule has 0 unspecified atom stereocenters. The van der Waals surface area contributed by atoms with Crippen molar-refractivity contribution in [2.24, 2.45) is 0 Å². The lowest BCUT2D eigenvalue weighted by molar-refractivity contribution is 0.102. The third-order valence-corrected chi connectivity index (χ3v) is 5.56. The van der Waals surface area contributed by atoms with Crippen LogP contribution in [0.4, 0.5) is 0 Å². The fraction of sp³-hybridized carbons (Fsp3) is 0.632. The molecule has 0 amide bonds. The van der Waals surface area contributed by atoms with Crippen LogP contribution in [0.25, 0.3) is 0 Å². The molecule has 2 nitrogen and oxygen atoms in total. The Kier molecular flexibility index (Phi) is 6.37. The van der Waals surface area contributed by atoms with Crippen molar-refractivity contribution in [3.05, 3.63) is 28.8 Å². The van der Waals surface area contributed by atoms with Gasteiger partial charge in [0.25, 0.3) is 0 Å². The normalized spacial score (nSPS) is 16.0. The van der Waals surface area contributed by atoms with Gasteiger partial charge >= 0.3 is 0 Å². The molecule has 0 spiro atoms. The van der Waals surface area contributed by atoms with Crippen molar-refractivity contribution in [2.75, 3.05) is 5.75 Å². The van der Waals surface area contributed by atoms with Crippen LogP contribution in [0.2, 0.25) is 0 Å². The van der Waals surface area contributed by atoms with Crippen molar-refractivity contribution < 1.29 is 9.53 Å². The van der Waals surface area contributed by atoms with Gasteiger partial charge in [0.15, 0.2) is 5.78 Å².